The van der Waals surface area contributed by atoms with E-state index < -0.39 is 10.8 Å². The minimum Gasteiger partial charge on any atom is -0.465 e. The molecule has 2 atom stereocenters. The van der Waals surface area contributed by atoms with E-state index in [1.165, 1.54) is 6.42 Å². The van der Waals surface area contributed by atoms with Crippen molar-refractivity contribution in [3.8, 4) is 0 Å². The number of hydrogen-bond donors (Lipinski definition) is 0. The zero-order chi connectivity index (χ0) is 24.7. The summed E-state index contributed by atoms with van der Waals surface area (Å²) in [6.45, 7) is 5.10. The van der Waals surface area contributed by atoms with Crippen LogP contribution in [0.3, 0.4) is 0 Å². The molecule has 34 heavy (non-hydrogen) atoms. The number of esters is 2. The van der Waals surface area contributed by atoms with Gasteiger partial charge in [-0.05, 0) is 57.3 Å². The maximum absolute atomic E-state index is 13.9. The summed E-state index contributed by atoms with van der Waals surface area (Å²) in [6.07, 6.45) is 19.3. The second-order valence-corrected chi connectivity index (χ2v) is 10.7. The Morgan fingerprint density at radius 2 is 1.35 bits per heavy atom. The van der Waals surface area contributed by atoms with Crippen molar-refractivity contribution in [2.24, 2.45) is 16.7 Å². The van der Waals surface area contributed by atoms with Crippen LogP contribution >= 0.6 is 0 Å². The standard InChI is InChI=1S/C29H50O5/c1-3-5-23-33-26(31)28(19-13-14-20-28)29(27(32)34-24-6-4-2)21-16-18-25(29)17-12-10-8-7-9-11-15-22-30/h22,25H,3-21,23-24H2,1-2H3. The fourth-order valence-electron chi connectivity index (χ4n) is 6.58. The summed E-state index contributed by atoms with van der Waals surface area (Å²) >= 11 is 0. The average molecular weight is 479 g/mol. The summed E-state index contributed by atoms with van der Waals surface area (Å²) in [7, 11) is 0. The fraction of sp³-hybridized carbons (Fsp3) is 0.897. The molecule has 0 spiro atoms. The topological polar surface area (TPSA) is 69.7 Å². The number of carbonyl (C=O) groups excluding carboxylic acids is 3. The molecule has 2 saturated carbocycles. The number of aldehydes is 1. The minimum atomic E-state index is -0.718. The van der Waals surface area contributed by atoms with Crippen LogP contribution in [-0.4, -0.2) is 31.4 Å². The van der Waals surface area contributed by atoms with E-state index in [1.807, 2.05) is 0 Å². The zero-order valence-electron chi connectivity index (χ0n) is 22.0. The van der Waals surface area contributed by atoms with Gasteiger partial charge in [0.2, 0.25) is 0 Å². The van der Waals surface area contributed by atoms with Crippen molar-refractivity contribution in [2.45, 2.75) is 136 Å². The molecule has 0 radical (unpaired) electrons. The molecule has 0 saturated heterocycles. The Bertz CT molecular complexity index is 610. The Hall–Kier alpha value is -1.39. The third-order valence-corrected chi connectivity index (χ3v) is 8.47. The highest BCUT2D eigenvalue weighted by atomic mass is 16.5. The van der Waals surface area contributed by atoms with Crippen molar-refractivity contribution in [3.05, 3.63) is 0 Å². The van der Waals surface area contributed by atoms with Gasteiger partial charge in [-0.3, -0.25) is 9.59 Å². The average Bonchev–Trinajstić information content (AvgIpc) is 3.50. The Balaban J connectivity index is 2.15. The molecule has 2 unspecified atom stereocenters. The second-order valence-electron chi connectivity index (χ2n) is 10.7. The lowest BCUT2D eigenvalue weighted by atomic mass is 9.56. The van der Waals surface area contributed by atoms with Crippen molar-refractivity contribution in [1.29, 1.82) is 0 Å². The van der Waals surface area contributed by atoms with Gasteiger partial charge in [0.05, 0.1) is 24.0 Å². The molecule has 5 nitrogen and oxygen atoms in total. The molecule has 0 heterocycles. The van der Waals surface area contributed by atoms with Crippen LogP contribution in [0.1, 0.15) is 136 Å². The van der Waals surface area contributed by atoms with Crippen molar-refractivity contribution < 1.29 is 23.9 Å². The molecule has 196 valence electrons. The smallest absolute Gasteiger partial charge is 0.313 e. The van der Waals surface area contributed by atoms with E-state index in [0.717, 1.165) is 115 Å². The lowest BCUT2D eigenvalue weighted by molar-refractivity contribution is -0.186. The van der Waals surface area contributed by atoms with E-state index in [2.05, 4.69) is 13.8 Å². The quantitative estimate of drug-likeness (QED) is 0.117. The molecule has 0 N–H and O–H groups in total. The minimum absolute atomic E-state index is 0.119. The molecule has 0 amide bonds. The van der Waals surface area contributed by atoms with E-state index in [4.69, 9.17) is 9.47 Å². The third kappa shape index (κ3) is 7.07. The summed E-state index contributed by atoms with van der Waals surface area (Å²) in [5.74, 6) is -0.0480. The van der Waals surface area contributed by atoms with E-state index in [1.54, 1.807) is 0 Å². The van der Waals surface area contributed by atoms with Gasteiger partial charge < -0.3 is 14.3 Å². The zero-order valence-corrected chi connectivity index (χ0v) is 22.0. The maximum Gasteiger partial charge on any atom is 0.313 e. The lowest BCUT2D eigenvalue weighted by Gasteiger charge is -2.46. The summed E-state index contributed by atoms with van der Waals surface area (Å²) in [5, 5.41) is 0. The van der Waals surface area contributed by atoms with Crippen LogP contribution in [0.5, 0.6) is 0 Å². The Kier molecular flexibility index (Phi) is 13.2. The van der Waals surface area contributed by atoms with Crippen LogP contribution in [-0.2, 0) is 23.9 Å². The number of unbranched alkanes of at least 4 members (excludes halogenated alkanes) is 8. The lowest BCUT2D eigenvalue weighted by Crippen LogP contribution is -2.54. The van der Waals surface area contributed by atoms with Crippen LogP contribution in [0.15, 0.2) is 0 Å². The Morgan fingerprint density at radius 3 is 1.97 bits per heavy atom. The van der Waals surface area contributed by atoms with Crippen LogP contribution < -0.4 is 0 Å². The molecule has 2 aliphatic rings. The van der Waals surface area contributed by atoms with E-state index in [0.29, 0.717) is 19.6 Å². The molecule has 0 aliphatic heterocycles. The largest absolute Gasteiger partial charge is 0.465 e. The second kappa shape index (κ2) is 15.6. The van der Waals surface area contributed by atoms with Gasteiger partial charge in [-0.15, -0.1) is 0 Å². The van der Waals surface area contributed by atoms with Crippen LogP contribution in [0.4, 0.5) is 0 Å². The molecule has 2 rings (SSSR count). The third-order valence-electron chi connectivity index (χ3n) is 8.47. The first kappa shape index (κ1) is 28.8. The first-order chi connectivity index (χ1) is 16.6. The highest BCUT2D eigenvalue weighted by Crippen LogP contribution is 2.63. The first-order valence-electron chi connectivity index (χ1n) is 14.4. The van der Waals surface area contributed by atoms with Crippen LogP contribution in [0, 0.1) is 16.7 Å². The maximum atomic E-state index is 13.9. The van der Waals surface area contributed by atoms with Gasteiger partial charge in [-0.1, -0.05) is 78.1 Å². The van der Waals surface area contributed by atoms with Crippen molar-refractivity contribution in [3.63, 3.8) is 0 Å². The van der Waals surface area contributed by atoms with Crippen molar-refractivity contribution >= 4 is 18.2 Å². The predicted molar refractivity (Wildman–Crippen MR) is 135 cm³/mol. The molecule has 2 fully saturated rings. The van der Waals surface area contributed by atoms with E-state index in [9.17, 15) is 14.4 Å². The van der Waals surface area contributed by atoms with Crippen LogP contribution in [0.25, 0.3) is 0 Å². The van der Waals surface area contributed by atoms with E-state index in [-0.39, 0.29) is 17.9 Å². The van der Waals surface area contributed by atoms with Crippen molar-refractivity contribution in [1.82, 2.24) is 0 Å². The van der Waals surface area contributed by atoms with Gasteiger partial charge in [0.25, 0.3) is 0 Å². The van der Waals surface area contributed by atoms with Crippen LogP contribution in [0.2, 0.25) is 0 Å². The monoisotopic (exact) mass is 478 g/mol. The Labute approximate surface area is 208 Å². The van der Waals surface area contributed by atoms with Crippen molar-refractivity contribution in [2.75, 3.05) is 13.2 Å². The summed E-state index contributed by atoms with van der Waals surface area (Å²) in [6, 6.07) is 0. The predicted octanol–water partition coefficient (Wildman–Crippen LogP) is 7.34. The molecule has 0 aromatic carbocycles. The van der Waals surface area contributed by atoms with Gasteiger partial charge in [-0.25, -0.2) is 0 Å². The van der Waals surface area contributed by atoms with Gasteiger partial charge in [0, 0.05) is 6.42 Å². The van der Waals surface area contributed by atoms with Gasteiger partial charge in [0.15, 0.2) is 0 Å². The molecule has 2 aliphatic carbocycles. The van der Waals surface area contributed by atoms with E-state index >= 15 is 0 Å². The number of carbonyl (C=O) groups is 3. The summed E-state index contributed by atoms with van der Waals surface area (Å²) < 4.78 is 11.8. The molecule has 0 aromatic rings. The molecule has 0 aromatic heterocycles. The summed E-state index contributed by atoms with van der Waals surface area (Å²) in [5.41, 5.74) is -1.43. The molecule has 0 bridgehead atoms. The molecular weight excluding hydrogens is 428 g/mol. The number of rotatable bonds is 18. The number of hydrogen-bond acceptors (Lipinski definition) is 5. The highest BCUT2D eigenvalue weighted by Gasteiger charge is 2.67. The SMILES string of the molecule is CCCCOC(=O)C1(C2(C(=O)OCCCC)CCCC2CCCCCCCCC=O)CCCC1. The molecule has 5 heteroatoms. The first-order valence-corrected chi connectivity index (χ1v) is 14.4. The van der Waals surface area contributed by atoms with Gasteiger partial charge in [0.1, 0.15) is 6.29 Å². The van der Waals surface area contributed by atoms with Gasteiger partial charge >= 0.3 is 11.9 Å². The van der Waals surface area contributed by atoms with Gasteiger partial charge in [-0.2, -0.15) is 0 Å². The Morgan fingerprint density at radius 1 is 0.765 bits per heavy atom. The normalized spacial score (nSPS) is 23.6. The number of ether oxygens (including phenoxy) is 2. The fourth-order valence-corrected chi connectivity index (χ4v) is 6.58. The highest BCUT2D eigenvalue weighted by molar-refractivity contribution is 5.89. The summed E-state index contributed by atoms with van der Waals surface area (Å²) in [4.78, 5) is 38.0. The molecular formula is C29H50O5.